The largest absolute Gasteiger partial charge is 0.497 e. The van der Waals surface area contributed by atoms with E-state index in [4.69, 9.17) is 9.47 Å². The summed E-state index contributed by atoms with van der Waals surface area (Å²) in [5, 5.41) is 4.36. The summed E-state index contributed by atoms with van der Waals surface area (Å²) in [6, 6.07) is 7.25. The summed E-state index contributed by atoms with van der Waals surface area (Å²) in [5.41, 5.74) is 4.67. The zero-order chi connectivity index (χ0) is 20.4. The molecular formula is C22H28N2O4. The first-order chi connectivity index (χ1) is 13.3. The molecule has 0 aliphatic heterocycles. The van der Waals surface area contributed by atoms with Gasteiger partial charge in [-0.3, -0.25) is 4.79 Å². The fraction of sp³-hybridized carbons (Fsp3) is 0.500. The highest BCUT2D eigenvalue weighted by Gasteiger charge is 2.59. The van der Waals surface area contributed by atoms with Crippen molar-refractivity contribution in [1.29, 1.82) is 0 Å². The molecule has 0 heterocycles. The lowest BCUT2D eigenvalue weighted by Crippen LogP contribution is -2.34. The van der Waals surface area contributed by atoms with Crippen molar-refractivity contribution in [1.82, 2.24) is 5.43 Å². The first-order valence-corrected chi connectivity index (χ1v) is 9.61. The van der Waals surface area contributed by atoms with Crippen LogP contribution in [0.1, 0.15) is 45.6 Å². The normalized spacial score (nSPS) is 26.6. The third-order valence-electron chi connectivity index (χ3n) is 6.70. The molecule has 6 heteroatoms. The molecule has 2 atom stereocenters. The van der Waals surface area contributed by atoms with E-state index in [0.717, 1.165) is 29.9 Å². The van der Waals surface area contributed by atoms with Gasteiger partial charge in [0.15, 0.2) is 6.61 Å². The van der Waals surface area contributed by atoms with Crippen LogP contribution >= 0.6 is 0 Å². The number of carbonyl (C=O) groups excluding carboxylic acids is 2. The molecule has 1 aromatic rings. The van der Waals surface area contributed by atoms with Crippen molar-refractivity contribution in [3.8, 4) is 5.75 Å². The minimum Gasteiger partial charge on any atom is -0.497 e. The van der Waals surface area contributed by atoms with E-state index < -0.39 is 11.9 Å². The van der Waals surface area contributed by atoms with Crippen LogP contribution in [0.15, 0.2) is 35.4 Å². The molecule has 2 bridgehead atoms. The van der Waals surface area contributed by atoms with Gasteiger partial charge in [-0.15, -0.1) is 0 Å². The fourth-order valence-corrected chi connectivity index (χ4v) is 4.32. The summed E-state index contributed by atoms with van der Waals surface area (Å²) in [6.45, 7) is 6.44. The van der Waals surface area contributed by atoms with Crippen LogP contribution in [0.3, 0.4) is 0 Å². The maximum Gasteiger partial charge on any atom is 0.331 e. The van der Waals surface area contributed by atoms with Crippen LogP contribution in [0.25, 0.3) is 6.08 Å². The Morgan fingerprint density at radius 2 is 1.96 bits per heavy atom. The number of ether oxygens (including phenoxy) is 2. The van der Waals surface area contributed by atoms with Gasteiger partial charge in [-0.1, -0.05) is 32.9 Å². The molecule has 2 fully saturated rings. The first kappa shape index (κ1) is 20.1. The molecule has 1 amide bonds. The lowest BCUT2D eigenvalue weighted by atomic mass is 9.70. The Labute approximate surface area is 166 Å². The SMILES string of the molecule is COc1ccc(/C=C/C(=O)OCC(=O)N/N=C2/C[C@@H]3CC[C@@]2(C)C3(C)C)cc1. The number of nitrogens with zero attached hydrogens (tertiary/aromatic N) is 1. The molecule has 0 saturated heterocycles. The predicted molar refractivity (Wildman–Crippen MR) is 108 cm³/mol. The van der Waals surface area contributed by atoms with Crippen molar-refractivity contribution in [3.63, 3.8) is 0 Å². The van der Waals surface area contributed by atoms with E-state index in [0.29, 0.717) is 5.92 Å². The molecule has 0 unspecified atom stereocenters. The third kappa shape index (κ3) is 3.81. The van der Waals surface area contributed by atoms with E-state index in [1.807, 2.05) is 12.1 Å². The minimum absolute atomic E-state index is 0.0305. The van der Waals surface area contributed by atoms with Crippen LogP contribution in [-0.2, 0) is 14.3 Å². The van der Waals surface area contributed by atoms with E-state index >= 15 is 0 Å². The van der Waals surface area contributed by atoms with Gasteiger partial charge in [-0.05, 0) is 54.4 Å². The van der Waals surface area contributed by atoms with Gasteiger partial charge in [-0.25, -0.2) is 10.2 Å². The second-order valence-corrected chi connectivity index (χ2v) is 8.30. The Bertz CT molecular complexity index is 810. The van der Waals surface area contributed by atoms with Crippen LogP contribution in [0.5, 0.6) is 5.75 Å². The second kappa shape index (κ2) is 7.78. The van der Waals surface area contributed by atoms with Crippen LogP contribution in [-0.4, -0.2) is 31.3 Å². The molecule has 0 spiro atoms. The molecule has 0 aromatic heterocycles. The van der Waals surface area contributed by atoms with Crippen molar-refractivity contribution >= 4 is 23.7 Å². The Balaban J connectivity index is 1.47. The van der Waals surface area contributed by atoms with E-state index in [2.05, 4.69) is 31.3 Å². The number of amides is 1. The number of esters is 1. The number of methoxy groups -OCH3 is 1. The van der Waals surface area contributed by atoms with Crippen LogP contribution in [0, 0.1) is 16.7 Å². The average molecular weight is 384 g/mol. The standard InChI is InChI=1S/C22H28N2O4/c1-21(2)16-11-12-22(21,3)18(13-16)23-24-19(25)14-28-20(26)10-7-15-5-8-17(27-4)9-6-15/h5-10,16H,11-14H2,1-4H3,(H,24,25)/b10-7+,23-18-/t16-,22+/m0/s1. The van der Waals surface area contributed by atoms with Crippen molar-refractivity contribution in [2.75, 3.05) is 13.7 Å². The van der Waals surface area contributed by atoms with Crippen molar-refractivity contribution in [2.24, 2.45) is 21.8 Å². The molecule has 3 rings (SSSR count). The van der Waals surface area contributed by atoms with Gasteiger partial charge < -0.3 is 9.47 Å². The number of rotatable bonds is 6. The number of benzene rings is 1. The average Bonchev–Trinajstić information content (AvgIpc) is 3.02. The van der Waals surface area contributed by atoms with Crippen LogP contribution < -0.4 is 10.2 Å². The number of carbonyl (C=O) groups is 2. The van der Waals surface area contributed by atoms with Gasteiger partial charge in [-0.2, -0.15) is 5.10 Å². The lowest BCUT2D eigenvalue weighted by Gasteiger charge is -2.34. The monoisotopic (exact) mass is 384 g/mol. The highest BCUT2D eigenvalue weighted by molar-refractivity contribution is 5.95. The topological polar surface area (TPSA) is 77.0 Å². The number of fused-ring (bicyclic) bond motifs is 2. The quantitative estimate of drug-likeness (QED) is 0.462. The highest BCUT2D eigenvalue weighted by atomic mass is 16.5. The molecule has 2 aliphatic rings. The zero-order valence-corrected chi connectivity index (χ0v) is 17.0. The first-order valence-electron chi connectivity index (χ1n) is 9.61. The van der Waals surface area contributed by atoms with Crippen LogP contribution in [0.2, 0.25) is 0 Å². The molecule has 150 valence electrons. The summed E-state index contributed by atoms with van der Waals surface area (Å²) in [6.07, 6.45) is 6.16. The molecule has 1 aromatic carbocycles. The highest BCUT2D eigenvalue weighted by Crippen LogP contribution is 2.63. The van der Waals surface area contributed by atoms with Gasteiger partial charge in [0.2, 0.25) is 0 Å². The Morgan fingerprint density at radius 1 is 1.25 bits per heavy atom. The zero-order valence-electron chi connectivity index (χ0n) is 17.0. The summed E-state index contributed by atoms with van der Waals surface area (Å²) in [7, 11) is 1.59. The summed E-state index contributed by atoms with van der Waals surface area (Å²) >= 11 is 0. The van der Waals surface area contributed by atoms with Crippen molar-refractivity contribution in [3.05, 3.63) is 35.9 Å². The molecule has 2 aliphatic carbocycles. The summed E-state index contributed by atoms with van der Waals surface area (Å²) < 4.78 is 10.1. The lowest BCUT2D eigenvalue weighted by molar-refractivity contribution is -0.143. The molecular weight excluding hydrogens is 356 g/mol. The van der Waals surface area contributed by atoms with Gasteiger partial charge in [0.05, 0.1) is 7.11 Å². The van der Waals surface area contributed by atoms with Gasteiger partial charge in [0.1, 0.15) is 5.75 Å². The van der Waals surface area contributed by atoms with E-state index in [1.54, 1.807) is 25.3 Å². The number of hydrogen-bond acceptors (Lipinski definition) is 5. The fourth-order valence-electron chi connectivity index (χ4n) is 4.32. The minimum atomic E-state index is -0.577. The number of nitrogens with one attached hydrogen (secondary N) is 1. The second-order valence-electron chi connectivity index (χ2n) is 8.30. The van der Waals surface area contributed by atoms with E-state index in [-0.39, 0.29) is 17.4 Å². The summed E-state index contributed by atoms with van der Waals surface area (Å²) in [4.78, 5) is 23.8. The Hall–Kier alpha value is -2.63. The maximum atomic E-state index is 12.0. The molecule has 0 radical (unpaired) electrons. The molecule has 1 N–H and O–H groups in total. The Morgan fingerprint density at radius 3 is 2.54 bits per heavy atom. The molecule has 28 heavy (non-hydrogen) atoms. The van der Waals surface area contributed by atoms with Crippen molar-refractivity contribution < 1.29 is 19.1 Å². The van der Waals surface area contributed by atoms with Gasteiger partial charge in [0.25, 0.3) is 5.91 Å². The maximum absolute atomic E-state index is 12.0. The summed E-state index contributed by atoms with van der Waals surface area (Å²) in [5.74, 6) is 0.356. The van der Waals surface area contributed by atoms with Crippen LogP contribution in [0.4, 0.5) is 0 Å². The third-order valence-corrected chi connectivity index (χ3v) is 6.70. The number of hydrogen-bond donors (Lipinski definition) is 1. The smallest absolute Gasteiger partial charge is 0.331 e. The van der Waals surface area contributed by atoms with Gasteiger partial charge in [0, 0.05) is 17.2 Å². The predicted octanol–water partition coefficient (Wildman–Crippen LogP) is 3.57. The van der Waals surface area contributed by atoms with E-state index in [1.165, 1.54) is 12.5 Å². The van der Waals surface area contributed by atoms with Gasteiger partial charge >= 0.3 is 5.97 Å². The molecule has 2 saturated carbocycles. The van der Waals surface area contributed by atoms with E-state index in [9.17, 15) is 9.59 Å². The van der Waals surface area contributed by atoms with Crippen molar-refractivity contribution in [2.45, 2.75) is 40.0 Å². The number of hydrazone groups is 1. The molecule has 6 nitrogen and oxygen atoms in total. The Kier molecular flexibility index (Phi) is 5.59.